The van der Waals surface area contributed by atoms with Crippen molar-refractivity contribution in [2.45, 2.75) is 45.3 Å². The molecule has 0 spiro atoms. The van der Waals surface area contributed by atoms with Gasteiger partial charge in [0.1, 0.15) is 0 Å². The van der Waals surface area contributed by atoms with Crippen LogP contribution in [-0.2, 0) is 6.54 Å². The molecule has 0 radical (unpaired) electrons. The molecule has 0 amide bonds. The fourth-order valence-electron chi connectivity index (χ4n) is 4.80. The molecule has 5 nitrogen and oxygen atoms in total. The molecule has 0 saturated carbocycles. The summed E-state index contributed by atoms with van der Waals surface area (Å²) >= 11 is 6.33. The van der Waals surface area contributed by atoms with E-state index < -0.39 is 0 Å². The molecule has 0 fully saturated rings. The number of aromatic nitrogens is 3. The largest absolute Gasteiger partial charge is 0.313 e. The van der Waals surface area contributed by atoms with Crippen LogP contribution in [0.3, 0.4) is 0 Å². The Balaban J connectivity index is 1.57. The molecule has 2 aliphatic heterocycles. The number of rotatable bonds is 3. The Bertz CT molecular complexity index is 1050. The predicted molar refractivity (Wildman–Crippen MR) is 122 cm³/mol. The van der Waals surface area contributed by atoms with E-state index in [9.17, 15) is 0 Å². The number of aryl methyl sites for hydroxylation is 2. The summed E-state index contributed by atoms with van der Waals surface area (Å²) in [5, 5.41) is 16.9. The second-order valence-electron chi connectivity index (χ2n) is 8.54. The third-order valence-electron chi connectivity index (χ3n) is 6.51. The molecule has 1 aromatic heterocycles. The molecule has 5 rings (SSSR count). The van der Waals surface area contributed by atoms with Crippen molar-refractivity contribution in [1.82, 2.24) is 25.6 Å². The van der Waals surface area contributed by atoms with Gasteiger partial charge < -0.3 is 10.6 Å². The SMILES string of the molecule is Cc1nnn2c1-c1ccc(C3=CCNCC3)cc1C(NC1C=C(Cl)C=CC1C)CC2. The van der Waals surface area contributed by atoms with Crippen LogP contribution in [0.25, 0.3) is 16.8 Å². The van der Waals surface area contributed by atoms with Gasteiger partial charge in [-0.05, 0) is 67.1 Å². The molecule has 3 unspecified atom stereocenters. The lowest BCUT2D eigenvalue weighted by Crippen LogP contribution is -2.37. The first-order valence-electron chi connectivity index (χ1n) is 10.9. The Morgan fingerprint density at radius 3 is 3.03 bits per heavy atom. The lowest BCUT2D eigenvalue weighted by atomic mass is 9.89. The van der Waals surface area contributed by atoms with Crippen LogP contribution in [-0.4, -0.2) is 34.1 Å². The number of halogens is 1. The highest BCUT2D eigenvalue weighted by molar-refractivity contribution is 6.31. The minimum atomic E-state index is 0.215. The van der Waals surface area contributed by atoms with Crippen LogP contribution in [0.4, 0.5) is 0 Å². The fourth-order valence-corrected chi connectivity index (χ4v) is 5.00. The van der Waals surface area contributed by atoms with E-state index in [0.29, 0.717) is 5.92 Å². The highest BCUT2D eigenvalue weighted by Crippen LogP contribution is 2.38. The number of hydrogen-bond acceptors (Lipinski definition) is 4. The number of benzene rings is 1. The average Bonchev–Trinajstić information content (AvgIpc) is 3.06. The van der Waals surface area contributed by atoms with Gasteiger partial charge in [-0.3, -0.25) is 0 Å². The quantitative estimate of drug-likeness (QED) is 0.773. The van der Waals surface area contributed by atoms with Gasteiger partial charge in [0.25, 0.3) is 0 Å². The van der Waals surface area contributed by atoms with Gasteiger partial charge in [-0.25, -0.2) is 4.68 Å². The van der Waals surface area contributed by atoms with Gasteiger partial charge in [0.05, 0.1) is 11.4 Å². The maximum Gasteiger partial charge on any atom is 0.0918 e. The van der Waals surface area contributed by atoms with Gasteiger partial charge in [0, 0.05) is 35.8 Å². The summed E-state index contributed by atoms with van der Waals surface area (Å²) in [5.41, 5.74) is 7.46. The van der Waals surface area contributed by atoms with E-state index in [2.05, 4.69) is 75.9 Å². The van der Waals surface area contributed by atoms with E-state index in [1.165, 1.54) is 22.3 Å². The maximum absolute atomic E-state index is 6.33. The monoisotopic (exact) mass is 421 g/mol. The minimum absolute atomic E-state index is 0.215. The first-order chi connectivity index (χ1) is 14.6. The summed E-state index contributed by atoms with van der Waals surface area (Å²) in [6.45, 7) is 7.12. The average molecular weight is 422 g/mol. The highest BCUT2D eigenvalue weighted by atomic mass is 35.5. The van der Waals surface area contributed by atoms with Gasteiger partial charge in [0.2, 0.25) is 0 Å². The van der Waals surface area contributed by atoms with Crippen LogP contribution in [0.5, 0.6) is 0 Å². The summed E-state index contributed by atoms with van der Waals surface area (Å²) in [6, 6.07) is 7.36. The molecule has 156 valence electrons. The Morgan fingerprint density at radius 1 is 1.30 bits per heavy atom. The van der Waals surface area contributed by atoms with Crippen LogP contribution >= 0.6 is 11.6 Å². The molecule has 1 aliphatic carbocycles. The predicted octanol–water partition coefficient (Wildman–Crippen LogP) is 4.36. The summed E-state index contributed by atoms with van der Waals surface area (Å²) in [5.74, 6) is 0.398. The van der Waals surface area contributed by atoms with Crippen molar-refractivity contribution in [3.05, 3.63) is 64.4 Å². The second kappa shape index (κ2) is 8.14. The molecule has 3 heterocycles. The second-order valence-corrected chi connectivity index (χ2v) is 8.97. The lowest BCUT2D eigenvalue weighted by molar-refractivity contribution is 0.390. The molecule has 1 aromatic carbocycles. The molecule has 0 bridgehead atoms. The molecule has 3 atom stereocenters. The molecular formula is C24H28ClN5. The number of nitrogens with one attached hydrogen (secondary N) is 2. The minimum Gasteiger partial charge on any atom is -0.313 e. The van der Waals surface area contributed by atoms with Crippen molar-refractivity contribution in [3.63, 3.8) is 0 Å². The van der Waals surface area contributed by atoms with Crippen molar-refractivity contribution in [3.8, 4) is 11.3 Å². The van der Waals surface area contributed by atoms with E-state index in [1.54, 1.807) is 0 Å². The normalized spacial score (nSPS) is 25.8. The summed E-state index contributed by atoms with van der Waals surface area (Å²) in [6.07, 6.45) is 10.7. The smallest absolute Gasteiger partial charge is 0.0918 e. The first-order valence-corrected chi connectivity index (χ1v) is 11.2. The summed E-state index contributed by atoms with van der Waals surface area (Å²) < 4.78 is 2.06. The van der Waals surface area contributed by atoms with Crippen LogP contribution in [0.15, 0.2) is 47.5 Å². The Kier molecular flexibility index (Phi) is 5.35. The topological polar surface area (TPSA) is 54.8 Å². The Hall–Kier alpha value is -2.21. The van der Waals surface area contributed by atoms with E-state index in [4.69, 9.17) is 11.6 Å². The van der Waals surface area contributed by atoms with Gasteiger partial charge in [-0.15, -0.1) is 5.10 Å². The molecular weight excluding hydrogens is 394 g/mol. The summed E-state index contributed by atoms with van der Waals surface area (Å²) in [4.78, 5) is 0. The zero-order valence-corrected chi connectivity index (χ0v) is 18.3. The van der Waals surface area contributed by atoms with E-state index in [0.717, 1.165) is 48.9 Å². The fraction of sp³-hybridized carbons (Fsp3) is 0.417. The zero-order valence-electron chi connectivity index (χ0n) is 17.5. The van der Waals surface area contributed by atoms with Gasteiger partial charge in [0.15, 0.2) is 0 Å². The molecule has 3 aliphatic rings. The first kappa shape index (κ1) is 19.7. The molecule has 0 saturated heterocycles. The van der Waals surface area contributed by atoms with Crippen LogP contribution < -0.4 is 10.6 Å². The lowest BCUT2D eigenvalue weighted by Gasteiger charge is -2.29. The zero-order chi connectivity index (χ0) is 20.7. The number of nitrogens with zero attached hydrogens (tertiary/aromatic N) is 3. The van der Waals surface area contributed by atoms with Crippen LogP contribution in [0, 0.1) is 12.8 Å². The Morgan fingerprint density at radius 2 is 2.20 bits per heavy atom. The third-order valence-corrected chi connectivity index (χ3v) is 6.76. The maximum atomic E-state index is 6.33. The van der Waals surface area contributed by atoms with Crippen molar-refractivity contribution >= 4 is 17.2 Å². The number of hydrogen-bond donors (Lipinski definition) is 2. The van der Waals surface area contributed by atoms with Gasteiger partial charge >= 0.3 is 0 Å². The van der Waals surface area contributed by atoms with Crippen molar-refractivity contribution in [2.75, 3.05) is 13.1 Å². The van der Waals surface area contributed by atoms with Crippen LogP contribution in [0.1, 0.15) is 42.6 Å². The highest BCUT2D eigenvalue weighted by Gasteiger charge is 2.28. The van der Waals surface area contributed by atoms with E-state index in [-0.39, 0.29) is 12.1 Å². The van der Waals surface area contributed by atoms with Gasteiger partial charge in [-0.1, -0.05) is 48.0 Å². The molecule has 2 N–H and O–H groups in total. The van der Waals surface area contributed by atoms with Crippen molar-refractivity contribution < 1.29 is 0 Å². The standard InChI is InChI=1S/C24H28ClN5/c1-15-3-5-19(25)14-23(15)27-22-9-12-30-24(16(2)28-29-30)20-6-4-18(13-21(20)22)17-7-10-26-11-8-17/h3-7,13-15,22-23,26-27H,8-12H2,1-2H3. The number of allylic oxidation sites excluding steroid dienone is 2. The van der Waals surface area contributed by atoms with Gasteiger partial charge in [-0.2, -0.15) is 0 Å². The number of fused-ring (bicyclic) bond motifs is 3. The third kappa shape index (κ3) is 3.66. The van der Waals surface area contributed by atoms with Crippen molar-refractivity contribution in [2.24, 2.45) is 5.92 Å². The summed E-state index contributed by atoms with van der Waals surface area (Å²) in [7, 11) is 0. The van der Waals surface area contributed by atoms with E-state index >= 15 is 0 Å². The molecule has 2 aromatic rings. The molecule has 30 heavy (non-hydrogen) atoms. The van der Waals surface area contributed by atoms with E-state index in [1.807, 2.05) is 6.08 Å². The van der Waals surface area contributed by atoms with Crippen molar-refractivity contribution in [1.29, 1.82) is 0 Å². The molecule has 6 heteroatoms. The Labute approximate surface area is 182 Å². The van der Waals surface area contributed by atoms with Crippen LogP contribution in [0.2, 0.25) is 0 Å².